The van der Waals surface area contributed by atoms with E-state index in [1.54, 1.807) is 6.07 Å². The Balaban J connectivity index is 1.71. The van der Waals surface area contributed by atoms with Crippen molar-refractivity contribution in [2.24, 2.45) is 0 Å². The van der Waals surface area contributed by atoms with Gasteiger partial charge >= 0.3 is 12.1 Å². The van der Waals surface area contributed by atoms with Crippen LogP contribution < -0.4 is 5.32 Å². The molecule has 0 fully saturated rings. The van der Waals surface area contributed by atoms with Gasteiger partial charge < -0.3 is 9.84 Å². The normalized spacial score (nSPS) is 11.5. The lowest BCUT2D eigenvalue weighted by Crippen LogP contribution is -2.11. The van der Waals surface area contributed by atoms with Crippen molar-refractivity contribution in [2.75, 3.05) is 5.32 Å². The summed E-state index contributed by atoms with van der Waals surface area (Å²) in [6, 6.07) is 5.48. The predicted molar refractivity (Wildman–Crippen MR) is 71.9 cm³/mol. The SMILES string of the molecule is O=C(CCCCc1noc(C(F)(F)F)n1)Nc1cccc(F)c1. The summed E-state index contributed by atoms with van der Waals surface area (Å²) in [4.78, 5) is 14.9. The molecule has 0 saturated heterocycles. The van der Waals surface area contributed by atoms with Crippen LogP contribution in [-0.4, -0.2) is 16.0 Å². The van der Waals surface area contributed by atoms with E-state index in [-0.39, 0.29) is 24.6 Å². The van der Waals surface area contributed by atoms with Crippen LogP contribution in [0.5, 0.6) is 0 Å². The first-order valence-electron chi connectivity index (χ1n) is 6.80. The maximum atomic E-state index is 12.9. The fourth-order valence-electron chi connectivity index (χ4n) is 1.83. The first-order chi connectivity index (χ1) is 10.8. The van der Waals surface area contributed by atoms with Gasteiger partial charge in [0.1, 0.15) is 5.82 Å². The van der Waals surface area contributed by atoms with Crippen LogP contribution in [0, 0.1) is 5.82 Å². The van der Waals surface area contributed by atoms with E-state index in [4.69, 9.17) is 0 Å². The standard InChI is InChI=1S/C14H13F4N3O2/c15-9-4-3-5-10(8-9)19-12(22)7-2-1-6-11-20-13(23-21-11)14(16,17)18/h3-5,8H,1-2,6-7H2,(H,19,22). The maximum Gasteiger partial charge on any atom is 0.471 e. The number of hydrogen-bond acceptors (Lipinski definition) is 4. The zero-order valence-corrected chi connectivity index (χ0v) is 11.9. The molecule has 1 amide bonds. The van der Waals surface area contributed by atoms with Gasteiger partial charge in [0.05, 0.1) is 0 Å². The number of nitrogens with zero attached hydrogens (tertiary/aromatic N) is 2. The van der Waals surface area contributed by atoms with Crippen molar-refractivity contribution in [1.82, 2.24) is 10.1 Å². The van der Waals surface area contributed by atoms with Crippen LogP contribution in [-0.2, 0) is 17.4 Å². The second kappa shape index (κ2) is 7.21. The molecule has 0 atom stereocenters. The highest BCUT2D eigenvalue weighted by molar-refractivity contribution is 5.90. The first kappa shape index (κ1) is 16.9. The van der Waals surface area contributed by atoms with Crippen molar-refractivity contribution in [1.29, 1.82) is 0 Å². The van der Waals surface area contributed by atoms with Crippen LogP contribution in [0.3, 0.4) is 0 Å². The molecule has 0 spiro atoms. The average Bonchev–Trinajstić information content (AvgIpc) is 2.92. The summed E-state index contributed by atoms with van der Waals surface area (Å²) in [5.41, 5.74) is 0.350. The van der Waals surface area contributed by atoms with Crippen LogP contribution >= 0.6 is 0 Å². The Morgan fingerprint density at radius 1 is 1.26 bits per heavy atom. The Hall–Kier alpha value is -2.45. The maximum absolute atomic E-state index is 12.9. The van der Waals surface area contributed by atoms with Crippen LogP contribution in [0.1, 0.15) is 31.0 Å². The van der Waals surface area contributed by atoms with Gasteiger partial charge in [0, 0.05) is 18.5 Å². The fraction of sp³-hybridized carbons (Fsp3) is 0.357. The number of benzene rings is 1. The number of aromatic nitrogens is 2. The Bertz CT molecular complexity index is 670. The molecule has 0 saturated carbocycles. The van der Waals surface area contributed by atoms with E-state index >= 15 is 0 Å². The lowest BCUT2D eigenvalue weighted by Gasteiger charge is -2.04. The number of nitrogens with one attached hydrogen (secondary N) is 1. The fourth-order valence-corrected chi connectivity index (χ4v) is 1.83. The molecule has 2 rings (SSSR count). The molecule has 2 aromatic rings. The summed E-state index contributed by atoms with van der Waals surface area (Å²) in [6.07, 6.45) is -3.48. The molecule has 9 heteroatoms. The lowest BCUT2D eigenvalue weighted by atomic mass is 10.2. The molecule has 1 aromatic heterocycles. The summed E-state index contributed by atoms with van der Waals surface area (Å²) in [7, 11) is 0. The molecule has 1 N–H and O–H groups in total. The third-order valence-corrected chi connectivity index (χ3v) is 2.87. The summed E-state index contributed by atoms with van der Waals surface area (Å²) >= 11 is 0. The minimum absolute atomic E-state index is 0.0529. The molecule has 0 aliphatic carbocycles. The summed E-state index contributed by atoms with van der Waals surface area (Å²) in [5, 5.41) is 5.76. The van der Waals surface area contributed by atoms with E-state index in [2.05, 4.69) is 20.0 Å². The molecule has 0 radical (unpaired) electrons. The molecule has 5 nitrogen and oxygen atoms in total. The number of anilines is 1. The first-order valence-corrected chi connectivity index (χ1v) is 6.80. The van der Waals surface area contributed by atoms with Gasteiger partial charge in [0.15, 0.2) is 5.82 Å². The van der Waals surface area contributed by atoms with Crippen molar-refractivity contribution in [2.45, 2.75) is 31.9 Å². The number of aryl methyl sites for hydroxylation is 1. The molecule has 0 aliphatic heterocycles. The lowest BCUT2D eigenvalue weighted by molar-refractivity contribution is -0.159. The minimum atomic E-state index is -4.66. The number of halogens is 4. The molecular formula is C14H13F4N3O2. The van der Waals surface area contributed by atoms with E-state index in [1.807, 2.05) is 0 Å². The van der Waals surface area contributed by atoms with E-state index in [0.717, 1.165) is 0 Å². The average molecular weight is 331 g/mol. The highest BCUT2D eigenvalue weighted by Gasteiger charge is 2.38. The molecular weight excluding hydrogens is 318 g/mol. The Morgan fingerprint density at radius 2 is 2.04 bits per heavy atom. The molecule has 0 bridgehead atoms. The zero-order valence-electron chi connectivity index (χ0n) is 11.9. The van der Waals surface area contributed by atoms with Gasteiger partial charge in [0.25, 0.3) is 0 Å². The van der Waals surface area contributed by atoms with Gasteiger partial charge in [0.2, 0.25) is 5.91 Å². The van der Waals surface area contributed by atoms with Crippen LogP contribution in [0.15, 0.2) is 28.8 Å². The summed E-state index contributed by atoms with van der Waals surface area (Å²) in [5.74, 6) is -2.20. The van der Waals surface area contributed by atoms with E-state index in [1.165, 1.54) is 18.2 Å². The smallest absolute Gasteiger partial charge is 0.329 e. The number of hydrogen-bond donors (Lipinski definition) is 1. The third-order valence-electron chi connectivity index (χ3n) is 2.87. The van der Waals surface area contributed by atoms with Gasteiger partial charge in [-0.3, -0.25) is 4.79 Å². The van der Waals surface area contributed by atoms with Crippen molar-refractivity contribution < 1.29 is 26.9 Å². The second-order valence-electron chi connectivity index (χ2n) is 4.78. The molecule has 0 aliphatic rings. The predicted octanol–water partition coefficient (Wildman–Crippen LogP) is 3.58. The Labute approximate surface area is 128 Å². The van der Waals surface area contributed by atoms with Crippen molar-refractivity contribution in [3.8, 4) is 0 Å². The highest BCUT2D eigenvalue weighted by Crippen LogP contribution is 2.27. The zero-order chi connectivity index (χ0) is 16.9. The van der Waals surface area contributed by atoms with Gasteiger partial charge in [-0.15, -0.1) is 0 Å². The third kappa shape index (κ3) is 5.35. The van der Waals surface area contributed by atoms with Crippen molar-refractivity contribution >= 4 is 11.6 Å². The largest absolute Gasteiger partial charge is 0.471 e. The number of carbonyl (C=O) groups excluding carboxylic acids is 1. The van der Waals surface area contributed by atoms with Gasteiger partial charge in [-0.25, -0.2) is 4.39 Å². The van der Waals surface area contributed by atoms with Gasteiger partial charge in [-0.1, -0.05) is 11.2 Å². The second-order valence-corrected chi connectivity index (χ2v) is 4.78. The highest BCUT2D eigenvalue weighted by atomic mass is 19.4. The molecule has 124 valence electrons. The summed E-state index contributed by atoms with van der Waals surface area (Å²) < 4.78 is 53.8. The van der Waals surface area contributed by atoms with Crippen LogP contribution in [0.4, 0.5) is 23.2 Å². The van der Waals surface area contributed by atoms with Crippen LogP contribution in [0.25, 0.3) is 0 Å². The van der Waals surface area contributed by atoms with Crippen LogP contribution in [0.2, 0.25) is 0 Å². The molecule has 23 heavy (non-hydrogen) atoms. The molecule has 0 unspecified atom stereocenters. The van der Waals surface area contributed by atoms with Gasteiger partial charge in [-0.2, -0.15) is 18.2 Å². The van der Waals surface area contributed by atoms with Crippen molar-refractivity contribution in [3.63, 3.8) is 0 Å². The monoisotopic (exact) mass is 331 g/mol. The number of carbonyl (C=O) groups is 1. The van der Waals surface area contributed by atoms with Crippen molar-refractivity contribution in [3.05, 3.63) is 41.8 Å². The van der Waals surface area contributed by atoms with Gasteiger partial charge in [-0.05, 0) is 31.0 Å². The van der Waals surface area contributed by atoms with E-state index in [9.17, 15) is 22.4 Å². The minimum Gasteiger partial charge on any atom is -0.329 e. The quantitative estimate of drug-likeness (QED) is 0.649. The Morgan fingerprint density at radius 3 is 2.70 bits per heavy atom. The van der Waals surface area contributed by atoms with E-state index < -0.39 is 17.9 Å². The number of amides is 1. The molecule has 1 aromatic carbocycles. The number of rotatable bonds is 6. The topological polar surface area (TPSA) is 68.0 Å². The number of alkyl halides is 3. The van der Waals surface area contributed by atoms with E-state index in [0.29, 0.717) is 18.5 Å². The molecule has 1 heterocycles. The summed E-state index contributed by atoms with van der Waals surface area (Å²) in [6.45, 7) is 0. The Kier molecular flexibility index (Phi) is 5.30. The number of unbranched alkanes of at least 4 members (excludes halogenated alkanes) is 1.